The van der Waals surface area contributed by atoms with Gasteiger partial charge in [-0.2, -0.15) is 0 Å². The molecule has 0 bridgehead atoms. The molecule has 2 amide bonds. The van der Waals surface area contributed by atoms with E-state index in [1.807, 2.05) is 24.1 Å². The fourth-order valence-corrected chi connectivity index (χ4v) is 3.84. The number of hydrogen-bond donors (Lipinski definition) is 0. The molecule has 3 heterocycles. The molecular weight excluding hydrogens is 356 g/mol. The van der Waals surface area contributed by atoms with Gasteiger partial charge >= 0.3 is 0 Å². The molecule has 1 fully saturated rings. The van der Waals surface area contributed by atoms with Crippen LogP contribution in [-0.4, -0.2) is 57.4 Å². The van der Waals surface area contributed by atoms with E-state index in [0.717, 1.165) is 42.8 Å². The van der Waals surface area contributed by atoms with E-state index in [2.05, 4.69) is 11.1 Å². The van der Waals surface area contributed by atoms with E-state index in [1.165, 1.54) is 0 Å². The van der Waals surface area contributed by atoms with Gasteiger partial charge in [0.1, 0.15) is 18.1 Å². The minimum absolute atomic E-state index is 0.0911. The normalized spacial score (nSPS) is 16.5. The average Bonchev–Trinajstić information content (AvgIpc) is 3.33. The Morgan fingerprint density at radius 1 is 1.14 bits per heavy atom. The summed E-state index contributed by atoms with van der Waals surface area (Å²) in [7, 11) is 1.85. The fourth-order valence-electron chi connectivity index (χ4n) is 3.84. The zero-order valence-corrected chi connectivity index (χ0v) is 16.3. The predicted octanol–water partition coefficient (Wildman–Crippen LogP) is 2.01. The van der Waals surface area contributed by atoms with Gasteiger partial charge in [0, 0.05) is 44.9 Å². The number of rotatable bonds is 4. The molecule has 1 aromatic heterocycles. The van der Waals surface area contributed by atoms with Gasteiger partial charge < -0.3 is 19.1 Å². The van der Waals surface area contributed by atoms with Crippen molar-refractivity contribution in [3.8, 4) is 5.75 Å². The number of amides is 2. The van der Waals surface area contributed by atoms with Crippen LogP contribution in [0.25, 0.3) is 0 Å². The Balaban J connectivity index is 1.44. The molecule has 4 rings (SSSR count). The second-order valence-electron chi connectivity index (χ2n) is 7.53. The van der Waals surface area contributed by atoms with Crippen LogP contribution in [0.15, 0.2) is 30.7 Å². The number of hydrogen-bond acceptors (Lipinski definition) is 4. The molecule has 7 nitrogen and oxygen atoms in total. The topological polar surface area (TPSA) is 67.7 Å². The summed E-state index contributed by atoms with van der Waals surface area (Å²) < 4.78 is 7.61. The van der Waals surface area contributed by atoms with E-state index in [-0.39, 0.29) is 11.8 Å². The SMILES string of the molecule is Cn1cnc(C(=O)N2CCOc3ccc(CCC(=O)N4CCCC4)cc3C2)c1. The summed E-state index contributed by atoms with van der Waals surface area (Å²) in [6.07, 6.45) is 6.82. The van der Waals surface area contributed by atoms with Crippen LogP contribution in [0, 0.1) is 0 Å². The fraction of sp³-hybridized carbons (Fsp3) is 0.476. The van der Waals surface area contributed by atoms with Crippen LogP contribution in [0.5, 0.6) is 5.75 Å². The van der Waals surface area contributed by atoms with Crippen molar-refractivity contribution in [2.45, 2.75) is 32.2 Å². The Labute approximate surface area is 164 Å². The number of nitrogens with zero attached hydrogens (tertiary/aromatic N) is 4. The quantitative estimate of drug-likeness (QED) is 0.811. The number of benzene rings is 1. The first-order chi connectivity index (χ1) is 13.6. The van der Waals surface area contributed by atoms with Gasteiger partial charge in [0.25, 0.3) is 5.91 Å². The highest BCUT2D eigenvalue weighted by atomic mass is 16.5. The second-order valence-corrected chi connectivity index (χ2v) is 7.53. The van der Waals surface area contributed by atoms with E-state index in [1.54, 1.807) is 22.0 Å². The van der Waals surface area contributed by atoms with Crippen LogP contribution in [0.2, 0.25) is 0 Å². The van der Waals surface area contributed by atoms with E-state index in [4.69, 9.17) is 4.74 Å². The maximum absolute atomic E-state index is 12.8. The molecule has 0 spiro atoms. The van der Waals surface area contributed by atoms with Crippen molar-refractivity contribution in [1.29, 1.82) is 0 Å². The maximum atomic E-state index is 12.8. The van der Waals surface area contributed by atoms with Crippen LogP contribution in [-0.2, 0) is 24.8 Å². The van der Waals surface area contributed by atoms with E-state index in [9.17, 15) is 9.59 Å². The molecule has 0 saturated carbocycles. The summed E-state index contributed by atoms with van der Waals surface area (Å²) in [5.41, 5.74) is 2.52. The van der Waals surface area contributed by atoms with Gasteiger partial charge in [-0.1, -0.05) is 12.1 Å². The lowest BCUT2D eigenvalue weighted by Crippen LogP contribution is -2.32. The third kappa shape index (κ3) is 4.03. The molecule has 28 heavy (non-hydrogen) atoms. The van der Waals surface area contributed by atoms with Gasteiger partial charge in [-0.3, -0.25) is 9.59 Å². The zero-order valence-electron chi connectivity index (χ0n) is 16.3. The molecule has 2 aliphatic heterocycles. The molecule has 1 aromatic carbocycles. The first-order valence-corrected chi connectivity index (χ1v) is 9.90. The van der Waals surface area contributed by atoms with Gasteiger partial charge in [-0.15, -0.1) is 0 Å². The first kappa shape index (κ1) is 18.5. The lowest BCUT2D eigenvalue weighted by Gasteiger charge is -2.19. The van der Waals surface area contributed by atoms with Crippen LogP contribution in [0.1, 0.15) is 40.9 Å². The van der Waals surface area contributed by atoms with Gasteiger partial charge in [0.15, 0.2) is 0 Å². The number of aryl methyl sites for hydroxylation is 2. The molecule has 0 N–H and O–H groups in total. The summed E-state index contributed by atoms with van der Waals surface area (Å²) in [5.74, 6) is 0.952. The maximum Gasteiger partial charge on any atom is 0.274 e. The van der Waals surface area contributed by atoms with Crippen molar-refractivity contribution in [2.75, 3.05) is 26.2 Å². The zero-order chi connectivity index (χ0) is 19.5. The van der Waals surface area contributed by atoms with Gasteiger partial charge in [-0.05, 0) is 30.9 Å². The standard InChI is InChI=1S/C21H26N4O3/c1-23-14-18(22-15-23)21(27)25-10-11-28-19-6-4-16(12-17(19)13-25)5-7-20(26)24-8-2-3-9-24/h4,6,12,14-15H,2-3,5,7-11,13H2,1H3. The molecule has 0 atom stereocenters. The highest BCUT2D eigenvalue weighted by Gasteiger charge is 2.23. The monoisotopic (exact) mass is 382 g/mol. The predicted molar refractivity (Wildman–Crippen MR) is 104 cm³/mol. The Morgan fingerprint density at radius 2 is 1.96 bits per heavy atom. The average molecular weight is 382 g/mol. The number of carbonyl (C=O) groups excluding carboxylic acids is 2. The number of fused-ring (bicyclic) bond motifs is 1. The molecule has 0 aliphatic carbocycles. The van der Waals surface area contributed by atoms with Crippen LogP contribution in [0.4, 0.5) is 0 Å². The lowest BCUT2D eigenvalue weighted by atomic mass is 10.0. The van der Waals surface area contributed by atoms with Crippen molar-refractivity contribution < 1.29 is 14.3 Å². The first-order valence-electron chi connectivity index (χ1n) is 9.90. The number of carbonyl (C=O) groups is 2. The summed E-state index contributed by atoms with van der Waals surface area (Å²) >= 11 is 0. The van der Waals surface area contributed by atoms with Crippen molar-refractivity contribution >= 4 is 11.8 Å². The highest BCUT2D eigenvalue weighted by molar-refractivity contribution is 5.92. The number of aromatic nitrogens is 2. The Hall–Kier alpha value is -2.83. The van der Waals surface area contributed by atoms with Crippen LogP contribution >= 0.6 is 0 Å². The van der Waals surface area contributed by atoms with E-state index in [0.29, 0.717) is 38.2 Å². The van der Waals surface area contributed by atoms with Crippen LogP contribution < -0.4 is 4.74 Å². The Morgan fingerprint density at radius 3 is 2.71 bits per heavy atom. The molecule has 2 aromatic rings. The summed E-state index contributed by atoms with van der Waals surface area (Å²) in [6.45, 7) is 3.24. The molecule has 2 aliphatic rings. The number of ether oxygens (including phenoxy) is 1. The third-order valence-electron chi connectivity index (χ3n) is 5.40. The van der Waals surface area contributed by atoms with Crippen molar-refractivity contribution in [2.24, 2.45) is 7.05 Å². The molecule has 1 saturated heterocycles. The van der Waals surface area contributed by atoms with Crippen LogP contribution in [0.3, 0.4) is 0 Å². The number of likely N-dealkylation sites (tertiary alicyclic amines) is 1. The molecule has 148 valence electrons. The minimum atomic E-state index is -0.0911. The molecule has 7 heteroatoms. The third-order valence-corrected chi connectivity index (χ3v) is 5.40. The summed E-state index contributed by atoms with van der Waals surface area (Å²) in [4.78, 5) is 33.0. The Kier molecular flexibility index (Phi) is 5.32. The van der Waals surface area contributed by atoms with Crippen molar-refractivity contribution in [3.63, 3.8) is 0 Å². The summed E-state index contributed by atoms with van der Waals surface area (Å²) in [6, 6.07) is 6.04. The molecule has 0 unspecified atom stereocenters. The van der Waals surface area contributed by atoms with Gasteiger partial charge in [0.05, 0.1) is 12.9 Å². The number of imidazole rings is 1. The van der Waals surface area contributed by atoms with Crippen molar-refractivity contribution in [1.82, 2.24) is 19.4 Å². The Bertz CT molecular complexity index is 870. The summed E-state index contributed by atoms with van der Waals surface area (Å²) in [5, 5.41) is 0. The van der Waals surface area contributed by atoms with Crippen molar-refractivity contribution in [3.05, 3.63) is 47.5 Å². The van der Waals surface area contributed by atoms with Gasteiger partial charge in [0.2, 0.25) is 5.91 Å². The van der Waals surface area contributed by atoms with E-state index < -0.39 is 0 Å². The molecular formula is C21H26N4O3. The lowest BCUT2D eigenvalue weighted by molar-refractivity contribution is -0.130. The second kappa shape index (κ2) is 8.04. The smallest absolute Gasteiger partial charge is 0.274 e. The van der Waals surface area contributed by atoms with Gasteiger partial charge in [-0.25, -0.2) is 4.98 Å². The molecule has 0 radical (unpaired) electrons. The highest BCUT2D eigenvalue weighted by Crippen LogP contribution is 2.26. The van der Waals surface area contributed by atoms with E-state index >= 15 is 0 Å². The minimum Gasteiger partial charge on any atom is -0.491 e. The largest absolute Gasteiger partial charge is 0.491 e.